The number of hydrogen-bond acceptors (Lipinski definition) is 3. The summed E-state index contributed by atoms with van der Waals surface area (Å²) in [4.78, 5) is 31.8. The smallest absolute Gasteiger partial charge is 0.251 e. The van der Waals surface area contributed by atoms with Crippen molar-refractivity contribution in [2.24, 2.45) is 0 Å². The molecule has 1 aliphatic heterocycles. The van der Waals surface area contributed by atoms with E-state index < -0.39 is 6.04 Å². The maximum atomic E-state index is 13.3. The van der Waals surface area contributed by atoms with Gasteiger partial charge in [-0.1, -0.05) is 30.3 Å². The fourth-order valence-corrected chi connectivity index (χ4v) is 3.50. The molecule has 0 saturated carbocycles. The number of carbonyl (C=O) groups excluding carboxylic acids is 2. The number of carbonyl (C=O) groups is 2. The molecule has 2 aromatic rings. The molecular weight excluding hydrogens is 338 g/mol. The summed E-state index contributed by atoms with van der Waals surface area (Å²) >= 11 is 0. The predicted molar refractivity (Wildman–Crippen MR) is 109 cm³/mol. The summed E-state index contributed by atoms with van der Waals surface area (Å²) in [6.45, 7) is 5.97. The zero-order valence-corrected chi connectivity index (χ0v) is 16.6. The van der Waals surface area contributed by atoms with Gasteiger partial charge in [0, 0.05) is 31.5 Å². The second-order valence-electron chi connectivity index (χ2n) is 7.50. The van der Waals surface area contributed by atoms with Gasteiger partial charge in [0.15, 0.2) is 0 Å². The molecule has 142 valence electrons. The first-order valence-electron chi connectivity index (χ1n) is 9.26. The van der Waals surface area contributed by atoms with Crippen LogP contribution in [0.1, 0.15) is 31.0 Å². The van der Waals surface area contributed by atoms with E-state index in [1.807, 2.05) is 88.3 Å². The maximum absolute atomic E-state index is 13.3. The number of piperazine rings is 1. The summed E-state index contributed by atoms with van der Waals surface area (Å²) < 4.78 is 0. The number of benzene rings is 2. The minimum atomic E-state index is -0.647. The molecule has 2 amide bonds. The molecule has 0 bridgehead atoms. The molecule has 0 aliphatic carbocycles. The van der Waals surface area contributed by atoms with E-state index in [1.165, 1.54) is 0 Å². The summed E-state index contributed by atoms with van der Waals surface area (Å²) in [5.74, 6) is -0.0928. The molecule has 1 unspecified atom stereocenters. The van der Waals surface area contributed by atoms with Crippen LogP contribution < -0.4 is 9.80 Å². The van der Waals surface area contributed by atoms with Crippen LogP contribution in [0.15, 0.2) is 48.5 Å². The maximum Gasteiger partial charge on any atom is 0.251 e. The molecule has 0 aromatic heterocycles. The van der Waals surface area contributed by atoms with E-state index in [9.17, 15) is 9.59 Å². The Morgan fingerprint density at radius 2 is 1.63 bits per heavy atom. The van der Waals surface area contributed by atoms with E-state index in [0.29, 0.717) is 0 Å². The zero-order chi connectivity index (χ0) is 19.7. The van der Waals surface area contributed by atoms with Crippen molar-refractivity contribution in [2.45, 2.75) is 32.9 Å². The van der Waals surface area contributed by atoms with Crippen molar-refractivity contribution in [3.8, 4) is 0 Å². The molecule has 1 heterocycles. The van der Waals surface area contributed by atoms with Crippen LogP contribution in [0.4, 0.5) is 11.4 Å². The Bertz CT molecular complexity index is 843. The van der Waals surface area contributed by atoms with Crippen LogP contribution in [0.3, 0.4) is 0 Å². The molecule has 2 aromatic carbocycles. The number of amides is 2. The van der Waals surface area contributed by atoms with Gasteiger partial charge in [0.1, 0.15) is 12.6 Å². The minimum Gasteiger partial charge on any atom is -0.378 e. The van der Waals surface area contributed by atoms with Crippen molar-refractivity contribution in [3.63, 3.8) is 0 Å². The van der Waals surface area contributed by atoms with Gasteiger partial charge in [0.2, 0.25) is 5.91 Å². The minimum absolute atomic E-state index is 0.0241. The number of nitrogens with zero attached hydrogens (tertiary/aromatic N) is 3. The highest BCUT2D eigenvalue weighted by Crippen LogP contribution is 2.35. The van der Waals surface area contributed by atoms with E-state index in [-0.39, 0.29) is 24.4 Å². The number of rotatable bonds is 4. The molecule has 0 N–H and O–H groups in total. The van der Waals surface area contributed by atoms with Gasteiger partial charge in [-0.2, -0.15) is 0 Å². The Hall–Kier alpha value is -2.82. The molecule has 3 rings (SSSR count). The standard InChI is InChI=1S/C22H27N3O2/c1-15(2)24-14-20(26)25(19-9-7-6-8-16(19)3)21(22(24)27)17-10-12-18(13-11-17)23(4)5/h6-13,15,21H,14H2,1-5H3. The van der Waals surface area contributed by atoms with Gasteiger partial charge in [0.25, 0.3) is 5.91 Å². The summed E-state index contributed by atoms with van der Waals surface area (Å²) in [5, 5.41) is 0. The van der Waals surface area contributed by atoms with Gasteiger partial charge in [-0.15, -0.1) is 0 Å². The first-order chi connectivity index (χ1) is 12.8. The largest absolute Gasteiger partial charge is 0.378 e. The van der Waals surface area contributed by atoms with Gasteiger partial charge in [-0.3, -0.25) is 14.5 Å². The molecule has 1 atom stereocenters. The molecule has 1 fully saturated rings. The first kappa shape index (κ1) is 19.0. The third-order valence-electron chi connectivity index (χ3n) is 5.07. The predicted octanol–water partition coefficient (Wildman–Crippen LogP) is 3.39. The van der Waals surface area contributed by atoms with Crippen molar-refractivity contribution >= 4 is 23.2 Å². The van der Waals surface area contributed by atoms with Gasteiger partial charge < -0.3 is 9.80 Å². The lowest BCUT2D eigenvalue weighted by atomic mass is 9.98. The van der Waals surface area contributed by atoms with Crippen LogP contribution in [0.5, 0.6) is 0 Å². The Balaban J connectivity index is 2.11. The lowest BCUT2D eigenvalue weighted by Crippen LogP contribution is -2.57. The first-order valence-corrected chi connectivity index (χ1v) is 9.26. The summed E-state index contributed by atoms with van der Waals surface area (Å²) in [6, 6.07) is 14.9. The Morgan fingerprint density at radius 3 is 2.19 bits per heavy atom. The Labute approximate surface area is 161 Å². The second kappa shape index (κ2) is 7.43. The van der Waals surface area contributed by atoms with Crippen LogP contribution in [0, 0.1) is 6.92 Å². The van der Waals surface area contributed by atoms with E-state index >= 15 is 0 Å². The van der Waals surface area contributed by atoms with Crippen LogP contribution in [-0.4, -0.2) is 43.4 Å². The van der Waals surface area contributed by atoms with Crippen LogP contribution in [-0.2, 0) is 9.59 Å². The molecule has 1 aliphatic rings. The van der Waals surface area contributed by atoms with E-state index in [1.54, 1.807) is 9.80 Å². The van der Waals surface area contributed by atoms with Gasteiger partial charge in [-0.25, -0.2) is 0 Å². The van der Waals surface area contributed by atoms with Crippen molar-refractivity contribution in [1.82, 2.24) is 4.90 Å². The van der Waals surface area contributed by atoms with Crippen LogP contribution in [0.2, 0.25) is 0 Å². The quantitative estimate of drug-likeness (QED) is 0.834. The van der Waals surface area contributed by atoms with E-state index in [4.69, 9.17) is 0 Å². The molecule has 0 radical (unpaired) electrons. The fraction of sp³-hybridized carbons (Fsp3) is 0.364. The van der Waals surface area contributed by atoms with Gasteiger partial charge in [-0.05, 0) is 50.1 Å². The molecular formula is C22H27N3O2. The van der Waals surface area contributed by atoms with Crippen molar-refractivity contribution in [2.75, 3.05) is 30.4 Å². The van der Waals surface area contributed by atoms with Crippen LogP contribution >= 0.6 is 0 Å². The molecule has 27 heavy (non-hydrogen) atoms. The molecule has 0 spiro atoms. The topological polar surface area (TPSA) is 43.9 Å². The number of anilines is 2. The average molecular weight is 365 g/mol. The zero-order valence-electron chi connectivity index (χ0n) is 16.6. The van der Waals surface area contributed by atoms with Crippen molar-refractivity contribution in [3.05, 3.63) is 59.7 Å². The monoisotopic (exact) mass is 365 g/mol. The fourth-order valence-electron chi connectivity index (χ4n) is 3.50. The summed E-state index contributed by atoms with van der Waals surface area (Å²) in [5.41, 5.74) is 3.65. The molecule has 1 saturated heterocycles. The molecule has 5 heteroatoms. The normalized spacial score (nSPS) is 17.6. The second-order valence-corrected chi connectivity index (χ2v) is 7.50. The third kappa shape index (κ3) is 3.54. The van der Waals surface area contributed by atoms with Crippen LogP contribution in [0.25, 0.3) is 0 Å². The van der Waals surface area contributed by atoms with E-state index in [0.717, 1.165) is 22.5 Å². The third-order valence-corrected chi connectivity index (χ3v) is 5.07. The van der Waals surface area contributed by atoms with Crippen molar-refractivity contribution in [1.29, 1.82) is 0 Å². The van der Waals surface area contributed by atoms with Gasteiger partial charge >= 0.3 is 0 Å². The highest BCUT2D eigenvalue weighted by Gasteiger charge is 2.42. The van der Waals surface area contributed by atoms with E-state index in [2.05, 4.69) is 0 Å². The lowest BCUT2D eigenvalue weighted by molar-refractivity contribution is -0.143. The average Bonchev–Trinajstić information content (AvgIpc) is 2.63. The highest BCUT2D eigenvalue weighted by atomic mass is 16.2. The number of aryl methyl sites for hydroxylation is 1. The lowest BCUT2D eigenvalue weighted by Gasteiger charge is -2.42. The molecule has 5 nitrogen and oxygen atoms in total. The highest BCUT2D eigenvalue weighted by molar-refractivity contribution is 6.07. The Morgan fingerprint density at radius 1 is 1.00 bits per heavy atom. The summed E-state index contributed by atoms with van der Waals surface area (Å²) in [6.07, 6.45) is 0. The number of hydrogen-bond donors (Lipinski definition) is 0. The number of para-hydroxylation sites is 1. The Kier molecular flexibility index (Phi) is 5.22. The SMILES string of the molecule is Cc1ccccc1N1C(=O)CN(C(C)C)C(=O)C1c1ccc(N(C)C)cc1. The summed E-state index contributed by atoms with van der Waals surface area (Å²) in [7, 11) is 3.95. The van der Waals surface area contributed by atoms with Gasteiger partial charge in [0.05, 0.1) is 0 Å². The van der Waals surface area contributed by atoms with Crippen molar-refractivity contribution < 1.29 is 9.59 Å².